The molecule has 1 saturated heterocycles. The number of rotatable bonds is 5. The molecule has 0 unspecified atom stereocenters. The first kappa shape index (κ1) is 21.3. The van der Waals surface area contributed by atoms with E-state index in [-0.39, 0.29) is 11.9 Å². The third-order valence-corrected chi connectivity index (χ3v) is 5.63. The Hall–Kier alpha value is -3.60. The Morgan fingerprint density at radius 3 is 2.64 bits per heavy atom. The number of pyridine rings is 2. The molecule has 1 N–H and O–H groups in total. The van der Waals surface area contributed by atoms with Crippen LogP contribution in [0.3, 0.4) is 0 Å². The van der Waals surface area contributed by atoms with Crippen LogP contribution in [0.2, 0.25) is 0 Å². The number of ether oxygens (including phenoxy) is 1. The molecule has 172 valence electrons. The number of likely N-dealkylation sites (N-methyl/N-ethyl adjacent to an activating group) is 1. The van der Waals surface area contributed by atoms with Gasteiger partial charge in [-0.05, 0) is 37.7 Å². The smallest absolute Gasteiger partial charge is 0.417 e. The van der Waals surface area contributed by atoms with E-state index in [0.29, 0.717) is 5.82 Å². The van der Waals surface area contributed by atoms with Crippen LogP contribution in [0.4, 0.5) is 24.8 Å². The molecule has 0 bridgehead atoms. The van der Waals surface area contributed by atoms with Crippen molar-refractivity contribution in [1.29, 1.82) is 0 Å². The first-order chi connectivity index (χ1) is 15.8. The van der Waals surface area contributed by atoms with E-state index in [0.717, 1.165) is 54.3 Å². The molecule has 8 nitrogen and oxygen atoms in total. The van der Waals surface area contributed by atoms with Gasteiger partial charge in [0.25, 0.3) is 0 Å². The zero-order chi connectivity index (χ0) is 23.2. The molecule has 0 aliphatic carbocycles. The minimum absolute atomic E-state index is 0.128. The Balaban J connectivity index is 1.38. The van der Waals surface area contributed by atoms with E-state index in [4.69, 9.17) is 4.74 Å². The summed E-state index contributed by atoms with van der Waals surface area (Å²) in [5, 5.41) is 11.7. The molecule has 1 aliphatic rings. The van der Waals surface area contributed by atoms with Crippen molar-refractivity contribution < 1.29 is 17.9 Å². The van der Waals surface area contributed by atoms with Crippen molar-refractivity contribution in [2.24, 2.45) is 7.05 Å². The lowest BCUT2D eigenvalue weighted by Gasteiger charge is -2.14. The van der Waals surface area contributed by atoms with Crippen molar-refractivity contribution in [1.82, 2.24) is 29.3 Å². The van der Waals surface area contributed by atoms with Crippen LogP contribution in [0.5, 0.6) is 5.75 Å². The van der Waals surface area contributed by atoms with Gasteiger partial charge in [0.1, 0.15) is 17.6 Å². The van der Waals surface area contributed by atoms with Gasteiger partial charge in [0.15, 0.2) is 11.6 Å². The highest BCUT2D eigenvalue weighted by atomic mass is 19.4. The molecule has 4 aromatic rings. The monoisotopic (exact) mass is 457 g/mol. The van der Waals surface area contributed by atoms with Gasteiger partial charge in [-0.15, -0.1) is 0 Å². The van der Waals surface area contributed by atoms with Gasteiger partial charge in [-0.1, -0.05) is 0 Å². The maximum absolute atomic E-state index is 12.7. The lowest BCUT2D eigenvalue weighted by molar-refractivity contribution is -0.137. The van der Waals surface area contributed by atoms with Crippen molar-refractivity contribution in [2.75, 3.05) is 25.5 Å². The SMILES string of the molecule is CN1CC[C@H](Oc2cnn(C)c2-c2ccn3nc(Nc4ccc(C(F)(F)F)cn4)cc3c2)C1. The standard InChI is InChI=1S/C22H22F3N7O/c1-30-7-6-17(13-30)33-18-12-27-31(2)21(18)14-5-8-32-16(9-14)10-20(29-32)28-19-4-3-15(11-26-19)22(23,24)25/h3-5,8-12,17H,6-7,13H2,1-2H3,(H,26,28,29)/t17-/m0/s1. The van der Waals surface area contributed by atoms with Crippen LogP contribution in [-0.4, -0.2) is 55.5 Å². The zero-order valence-electron chi connectivity index (χ0n) is 18.0. The van der Waals surface area contributed by atoms with Gasteiger partial charge in [0.05, 0.1) is 17.3 Å². The Morgan fingerprint density at radius 1 is 1.09 bits per heavy atom. The number of fused-ring (bicyclic) bond motifs is 1. The van der Waals surface area contributed by atoms with Crippen LogP contribution in [0, 0.1) is 0 Å². The minimum Gasteiger partial charge on any atom is -0.485 e. The van der Waals surface area contributed by atoms with E-state index in [2.05, 4.69) is 32.4 Å². The highest BCUT2D eigenvalue weighted by molar-refractivity contribution is 5.72. The van der Waals surface area contributed by atoms with E-state index in [1.54, 1.807) is 21.5 Å². The average Bonchev–Trinajstić information content (AvgIpc) is 3.46. The molecule has 0 radical (unpaired) electrons. The Bertz CT molecular complexity index is 1280. The number of anilines is 2. The molecule has 0 spiro atoms. The fourth-order valence-corrected chi connectivity index (χ4v) is 3.97. The summed E-state index contributed by atoms with van der Waals surface area (Å²) in [5.74, 6) is 1.47. The van der Waals surface area contributed by atoms with Crippen LogP contribution in [-0.2, 0) is 13.2 Å². The predicted molar refractivity (Wildman–Crippen MR) is 116 cm³/mol. The van der Waals surface area contributed by atoms with Gasteiger partial charge in [-0.3, -0.25) is 4.68 Å². The third-order valence-electron chi connectivity index (χ3n) is 5.63. The van der Waals surface area contributed by atoms with E-state index in [9.17, 15) is 13.2 Å². The largest absolute Gasteiger partial charge is 0.485 e. The summed E-state index contributed by atoms with van der Waals surface area (Å²) in [6.07, 6.45) is 1.02. The Kier molecular flexibility index (Phi) is 5.20. The highest BCUT2D eigenvalue weighted by Gasteiger charge is 2.30. The lowest BCUT2D eigenvalue weighted by Crippen LogP contribution is -2.21. The topological polar surface area (TPSA) is 72.5 Å². The normalized spacial score (nSPS) is 17.1. The highest BCUT2D eigenvalue weighted by Crippen LogP contribution is 2.33. The molecular formula is C22H22F3N7O. The maximum atomic E-state index is 12.7. The molecule has 1 fully saturated rings. The molecule has 0 amide bonds. The van der Waals surface area contributed by atoms with Crippen molar-refractivity contribution in [3.63, 3.8) is 0 Å². The first-order valence-corrected chi connectivity index (χ1v) is 10.4. The quantitative estimate of drug-likeness (QED) is 0.489. The molecular weight excluding hydrogens is 435 g/mol. The van der Waals surface area contributed by atoms with Crippen molar-refractivity contribution >= 4 is 17.2 Å². The van der Waals surface area contributed by atoms with Crippen molar-refractivity contribution in [2.45, 2.75) is 18.7 Å². The zero-order valence-corrected chi connectivity index (χ0v) is 18.0. The van der Waals surface area contributed by atoms with E-state index in [1.165, 1.54) is 6.07 Å². The van der Waals surface area contributed by atoms with Crippen LogP contribution in [0.15, 0.2) is 48.9 Å². The molecule has 1 atom stereocenters. The summed E-state index contributed by atoms with van der Waals surface area (Å²) in [6, 6.07) is 7.94. The van der Waals surface area contributed by atoms with E-state index in [1.807, 2.05) is 25.4 Å². The maximum Gasteiger partial charge on any atom is 0.417 e. The van der Waals surface area contributed by atoms with Crippen LogP contribution >= 0.6 is 0 Å². The van der Waals surface area contributed by atoms with Gasteiger partial charge < -0.3 is 15.0 Å². The van der Waals surface area contributed by atoms with Gasteiger partial charge in [0, 0.05) is 44.2 Å². The fourth-order valence-electron chi connectivity index (χ4n) is 3.97. The van der Waals surface area contributed by atoms with Crippen molar-refractivity contribution in [3.05, 3.63) is 54.5 Å². The summed E-state index contributed by atoms with van der Waals surface area (Å²) in [4.78, 5) is 6.07. The molecule has 0 aromatic carbocycles. The van der Waals surface area contributed by atoms with Gasteiger partial charge in [-0.25, -0.2) is 9.50 Å². The number of alkyl halides is 3. The summed E-state index contributed by atoms with van der Waals surface area (Å²) in [6.45, 7) is 1.88. The van der Waals surface area contributed by atoms with Crippen LogP contribution in [0.25, 0.3) is 16.8 Å². The second-order valence-electron chi connectivity index (χ2n) is 8.14. The minimum atomic E-state index is -4.42. The van der Waals surface area contributed by atoms with Gasteiger partial charge in [0.2, 0.25) is 0 Å². The Labute approximate surface area is 187 Å². The molecule has 11 heteroatoms. The number of likely N-dealkylation sites (tertiary alicyclic amines) is 1. The molecule has 4 aromatic heterocycles. The van der Waals surface area contributed by atoms with Gasteiger partial charge in [-0.2, -0.15) is 23.4 Å². The third kappa shape index (κ3) is 4.36. The van der Waals surface area contributed by atoms with Crippen LogP contribution in [0.1, 0.15) is 12.0 Å². The molecule has 33 heavy (non-hydrogen) atoms. The second-order valence-corrected chi connectivity index (χ2v) is 8.14. The lowest BCUT2D eigenvalue weighted by atomic mass is 10.1. The Morgan fingerprint density at radius 2 is 1.94 bits per heavy atom. The number of nitrogens with zero attached hydrogens (tertiary/aromatic N) is 6. The summed E-state index contributed by atoms with van der Waals surface area (Å²) in [7, 11) is 3.94. The molecule has 0 saturated carbocycles. The average molecular weight is 457 g/mol. The molecule has 5 rings (SSSR count). The number of aromatic nitrogens is 5. The molecule has 5 heterocycles. The van der Waals surface area contributed by atoms with E-state index >= 15 is 0 Å². The molecule has 1 aliphatic heterocycles. The van der Waals surface area contributed by atoms with Crippen molar-refractivity contribution in [3.8, 4) is 17.0 Å². The van der Waals surface area contributed by atoms with Gasteiger partial charge >= 0.3 is 6.18 Å². The first-order valence-electron chi connectivity index (χ1n) is 10.4. The van der Waals surface area contributed by atoms with E-state index < -0.39 is 11.7 Å². The summed E-state index contributed by atoms with van der Waals surface area (Å²) < 4.78 is 47.9. The number of nitrogens with one attached hydrogen (secondary N) is 1. The predicted octanol–water partition coefficient (Wildman–Crippen LogP) is 3.98. The summed E-state index contributed by atoms with van der Waals surface area (Å²) in [5.41, 5.74) is 1.79. The van der Waals surface area contributed by atoms with Crippen LogP contribution < -0.4 is 10.1 Å². The number of hydrogen-bond donors (Lipinski definition) is 1. The number of aryl methyl sites for hydroxylation is 1. The second kappa shape index (κ2) is 8.07. The fraction of sp³-hybridized carbons (Fsp3) is 0.318. The number of halogens is 3. The summed E-state index contributed by atoms with van der Waals surface area (Å²) >= 11 is 0. The number of hydrogen-bond acceptors (Lipinski definition) is 6.